The number of morpholine rings is 1. The maximum Gasteiger partial charge on any atom is 0.336 e. The number of aromatic hydroxyl groups is 1. The average Bonchev–Trinajstić information content (AvgIpc) is 2.99. The first-order valence-electron chi connectivity index (χ1n) is 8.60. The van der Waals surface area contributed by atoms with Crippen molar-refractivity contribution in [3.8, 4) is 5.75 Å². The molecule has 0 aromatic heterocycles. The van der Waals surface area contributed by atoms with Gasteiger partial charge in [-0.15, -0.1) is 0 Å². The second-order valence-corrected chi connectivity index (χ2v) is 6.89. The quantitative estimate of drug-likeness (QED) is 0.853. The van der Waals surface area contributed by atoms with E-state index in [1.807, 2.05) is 31.2 Å². The van der Waals surface area contributed by atoms with Crippen LogP contribution in [0.15, 0.2) is 48.5 Å². The lowest BCUT2D eigenvalue weighted by atomic mass is 10.0. The van der Waals surface area contributed by atoms with Crippen LogP contribution >= 0.6 is 0 Å². The Labute approximate surface area is 155 Å². The zero-order valence-electron chi connectivity index (χ0n) is 14.7. The third kappa shape index (κ3) is 3.05. The molecule has 2 aliphatic heterocycles. The summed E-state index contributed by atoms with van der Waals surface area (Å²) in [5.74, 6) is -2.95. The lowest BCUT2D eigenvalue weighted by Crippen LogP contribution is -2.53. The molecule has 0 radical (unpaired) electrons. The Balaban J connectivity index is 1.69. The molecular formula is C20H19NO6. The number of hydrogen-bond acceptors (Lipinski definition) is 5. The van der Waals surface area contributed by atoms with Crippen LogP contribution in [0.2, 0.25) is 0 Å². The number of aryl methyl sites for hydroxylation is 1. The molecule has 2 aromatic rings. The maximum absolute atomic E-state index is 12.8. The van der Waals surface area contributed by atoms with Crippen LogP contribution in [0.4, 0.5) is 0 Å². The molecule has 3 unspecified atom stereocenters. The summed E-state index contributed by atoms with van der Waals surface area (Å²) in [5, 5.41) is 19.0. The van der Waals surface area contributed by atoms with Crippen LogP contribution in [0.3, 0.4) is 0 Å². The Bertz CT molecular complexity index is 878. The highest BCUT2D eigenvalue weighted by molar-refractivity contribution is 5.89. The van der Waals surface area contributed by atoms with E-state index in [9.17, 15) is 19.8 Å². The molecule has 2 aromatic carbocycles. The normalized spacial score (nSPS) is 27.0. The van der Waals surface area contributed by atoms with Crippen LogP contribution in [-0.2, 0) is 31.4 Å². The van der Waals surface area contributed by atoms with Crippen molar-refractivity contribution in [2.45, 2.75) is 31.5 Å². The van der Waals surface area contributed by atoms with E-state index in [2.05, 4.69) is 0 Å². The van der Waals surface area contributed by atoms with Crippen molar-refractivity contribution < 1.29 is 29.3 Å². The molecule has 0 aliphatic carbocycles. The SMILES string of the molecule is Cc1ccc(CN2CC3(c4ccc(O)cc4)OC(C(=O)O)C(O3)C2=O)cc1. The zero-order valence-corrected chi connectivity index (χ0v) is 14.7. The van der Waals surface area contributed by atoms with E-state index in [0.717, 1.165) is 11.1 Å². The minimum atomic E-state index is -1.38. The number of hydrogen-bond donors (Lipinski definition) is 2. The third-order valence-corrected chi connectivity index (χ3v) is 4.91. The van der Waals surface area contributed by atoms with Crippen LogP contribution in [0.25, 0.3) is 0 Å². The maximum atomic E-state index is 12.8. The van der Waals surface area contributed by atoms with E-state index < -0.39 is 29.9 Å². The Kier molecular flexibility index (Phi) is 4.13. The molecule has 2 bridgehead atoms. The van der Waals surface area contributed by atoms with Gasteiger partial charge in [0.1, 0.15) is 5.75 Å². The fourth-order valence-electron chi connectivity index (χ4n) is 3.50. The van der Waals surface area contributed by atoms with Crippen LogP contribution < -0.4 is 0 Å². The molecule has 27 heavy (non-hydrogen) atoms. The van der Waals surface area contributed by atoms with Crippen molar-refractivity contribution in [3.05, 3.63) is 65.2 Å². The van der Waals surface area contributed by atoms with E-state index in [-0.39, 0.29) is 12.3 Å². The number of carboxylic acids is 1. The predicted octanol–water partition coefficient (Wildman–Crippen LogP) is 1.76. The molecule has 2 N–H and O–H groups in total. The first-order chi connectivity index (χ1) is 12.9. The number of carbonyl (C=O) groups is 2. The van der Waals surface area contributed by atoms with Crippen LogP contribution in [0, 0.1) is 6.92 Å². The summed E-state index contributed by atoms with van der Waals surface area (Å²) < 4.78 is 11.6. The van der Waals surface area contributed by atoms with Crippen molar-refractivity contribution in [1.29, 1.82) is 0 Å². The summed E-state index contributed by atoms with van der Waals surface area (Å²) in [6.07, 6.45) is -2.59. The molecule has 1 amide bonds. The Hall–Kier alpha value is -2.90. The monoisotopic (exact) mass is 369 g/mol. The summed E-state index contributed by atoms with van der Waals surface area (Å²) in [6, 6.07) is 13.9. The molecule has 0 spiro atoms. The number of carbonyl (C=O) groups excluding carboxylic acids is 1. The summed E-state index contributed by atoms with van der Waals surface area (Å²) >= 11 is 0. The fraction of sp³-hybridized carbons (Fsp3) is 0.300. The third-order valence-electron chi connectivity index (χ3n) is 4.91. The van der Waals surface area contributed by atoms with Crippen molar-refractivity contribution in [2.24, 2.45) is 0 Å². The highest BCUT2D eigenvalue weighted by atomic mass is 16.8. The number of amides is 1. The van der Waals surface area contributed by atoms with E-state index in [0.29, 0.717) is 12.1 Å². The molecule has 7 heteroatoms. The minimum absolute atomic E-state index is 0.0603. The van der Waals surface area contributed by atoms with Gasteiger partial charge in [-0.1, -0.05) is 29.8 Å². The topological polar surface area (TPSA) is 96.3 Å². The molecule has 3 atom stereocenters. The van der Waals surface area contributed by atoms with E-state index in [1.165, 1.54) is 12.1 Å². The number of fused-ring (bicyclic) bond motifs is 2. The van der Waals surface area contributed by atoms with Gasteiger partial charge in [0.15, 0.2) is 12.2 Å². The first-order valence-corrected chi connectivity index (χ1v) is 8.60. The molecule has 2 saturated heterocycles. The second-order valence-electron chi connectivity index (χ2n) is 6.89. The van der Waals surface area contributed by atoms with Crippen molar-refractivity contribution in [3.63, 3.8) is 0 Å². The van der Waals surface area contributed by atoms with Crippen molar-refractivity contribution in [1.82, 2.24) is 4.90 Å². The van der Waals surface area contributed by atoms with Gasteiger partial charge in [-0.3, -0.25) is 4.79 Å². The number of carboxylic acid groups (broad SMARTS) is 1. The largest absolute Gasteiger partial charge is 0.508 e. The van der Waals surface area contributed by atoms with E-state index in [1.54, 1.807) is 17.0 Å². The lowest BCUT2D eigenvalue weighted by molar-refractivity contribution is -0.219. The van der Waals surface area contributed by atoms with Gasteiger partial charge in [-0.2, -0.15) is 0 Å². The number of phenolic OH excluding ortho intramolecular Hbond substituents is 1. The highest BCUT2D eigenvalue weighted by Crippen LogP contribution is 2.43. The van der Waals surface area contributed by atoms with Gasteiger partial charge in [0.25, 0.3) is 5.91 Å². The van der Waals surface area contributed by atoms with Crippen molar-refractivity contribution >= 4 is 11.9 Å². The summed E-state index contributed by atoms with van der Waals surface area (Å²) in [5.41, 5.74) is 2.60. The van der Waals surface area contributed by atoms with Gasteiger partial charge in [0.05, 0.1) is 6.54 Å². The minimum Gasteiger partial charge on any atom is -0.508 e. The number of benzene rings is 2. The van der Waals surface area contributed by atoms with Crippen molar-refractivity contribution in [2.75, 3.05) is 6.54 Å². The molecule has 2 fully saturated rings. The summed E-state index contributed by atoms with van der Waals surface area (Å²) in [6.45, 7) is 2.37. The molecule has 4 rings (SSSR count). The Morgan fingerprint density at radius 3 is 2.44 bits per heavy atom. The summed E-state index contributed by atoms with van der Waals surface area (Å²) in [4.78, 5) is 26.0. The Morgan fingerprint density at radius 2 is 1.81 bits per heavy atom. The number of aliphatic carboxylic acids is 1. The van der Waals surface area contributed by atoms with Crippen LogP contribution in [0.1, 0.15) is 16.7 Å². The second kappa shape index (κ2) is 6.37. The lowest BCUT2D eigenvalue weighted by Gasteiger charge is -2.38. The smallest absolute Gasteiger partial charge is 0.336 e. The van der Waals surface area contributed by atoms with Gasteiger partial charge in [0, 0.05) is 12.1 Å². The molecule has 2 aliphatic rings. The molecule has 0 saturated carbocycles. The van der Waals surface area contributed by atoms with Gasteiger partial charge >= 0.3 is 5.97 Å². The highest BCUT2D eigenvalue weighted by Gasteiger charge is 2.60. The molecule has 7 nitrogen and oxygen atoms in total. The predicted molar refractivity (Wildman–Crippen MR) is 93.8 cm³/mol. The standard InChI is InChI=1S/C20H19NO6/c1-12-2-4-13(5-3-12)10-21-11-20(14-6-8-15(22)9-7-14)26-16(18(21)23)17(27-20)19(24)25/h2-9,16-17,22H,10-11H2,1H3,(H,24,25). The Morgan fingerprint density at radius 1 is 1.15 bits per heavy atom. The number of ether oxygens (including phenoxy) is 2. The van der Waals surface area contributed by atoms with E-state index >= 15 is 0 Å². The first kappa shape index (κ1) is 17.5. The van der Waals surface area contributed by atoms with E-state index in [4.69, 9.17) is 9.47 Å². The van der Waals surface area contributed by atoms with Gasteiger partial charge in [-0.25, -0.2) is 4.79 Å². The van der Waals surface area contributed by atoms with Gasteiger partial charge in [0.2, 0.25) is 5.79 Å². The van der Waals surface area contributed by atoms with Gasteiger partial charge in [-0.05, 0) is 36.8 Å². The molecule has 140 valence electrons. The van der Waals surface area contributed by atoms with Crippen LogP contribution in [0.5, 0.6) is 5.75 Å². The molecule has 2 heterocycles. The average molecular weight is 369 g/mol. The van der Waals surface area contributed by atoms with Gasteiger partial charge < -0.3 is 24.6 Å². The summed E-state index contributed by atoms with van der Waals surface area (Å²) in [7, 11) is 0. The number of nitrogens with zero attached hydrogens (tertiary/aromatic N) is 1. The molecular weight excluding hydrogens is 350 g/mol. The fourth-order valence-corrected chi connectivity index (χ4v) is 3.50. The van der Waals surface area contributed by atoms with Crippen LogP contribution in [-0.4, -0.2) is 45.7 Å². The number of phenols is 1. The number of rotatable bonds is 4. The zero-order chi connectivity index (χ0) is 19.2.